The van der Waals surface area contributed by atoms with E-state index in [1.54, 1.807) is 0 Å². The molecule has 1 heterocycles. The highest BCUT2D eigenvalue weighted by Gasteiger charge is 2.31. The number of aromatic nitrogens is 1. The molecule has 0 unspecified atom stereocenters. The number of alkyl halides is 4. The van der Waals surface area contributed by atoms with Crippen molar-refractivity contribution < 1.29 is 22.3 Å². The van der Waals surface area contributed by atoms with Gasteiger partial charge in [-0.05, 0) is 24.3 Å². The lowest BCUT2D eigenvalue weighted by Crippen LogP contribution is -2.16. The van der Waals surface area contributed by atoms with Gasteiger partial charge in [0.05, 0.1) is 11.6 Å². The van der Waals surface area contributed by atoms with Crippen LogP contribution in [-0.2, 0) is 5.88 Å². The average molecular weight is 278 g/mol. The Balaban J connectivity index is 2.17. The molecule has 7 heteroatoms. The van der Waals surface area contributed by atoms with Crippen molar-refractivity contribution in [3.05, 3.63) is 36.2 Å². The van der Waals surface area contributed by atoms with E-state index in [0.717, 1.165) is 0 Å². The molecule has 0 bridgehead atoms. The lowest BCUT2D eigenvalue weighted by Gasteiger charge is -2.08. The first-order chi connectivity index (χ1) is 8.48. The Morgan fingerprint density at radius 1 is 1.22 bits per heavy atom. The molecule has 2 rings (SSSR count). The molecule has 0 saturated heterocycles. The number of ether oxygens (including phenoxy) is 1. The second-order valence-electron chi connectivity index (χ2n) is 3.35. The Labute approximate surface area is 105 Å². The van der Waals surface area contributed by atoms with Gasteiger partial charge >= 0.3 is 6.36 Å². The molecule has 0 aliphatic rings. The third kappa shape index (κ3) is 3.16. The average Bonchev–Trinajstić information content (AvgIpc) is 2.76. The largest absolute Gasteiger partial charge is 0.573 e. The van der Waals surface area contributed by atoms with Gasteiger partial charge in [-0.3, -0.25) is 0 Å². The molecule has 0 N–H and O–H groups in total. The smallest absolute Gasteiger partial charge is 0.444 e. The van der Waals surface area contributed by atoms with Gasteiger partial charge in [0.2, 0.25) is 5.89 Å². The monoisotopic (exact) mass is 277 g/mol. The Morgan fingerprint density at radius 3 is 2.39 bits per heavy atom. The summed E-state index contributed by atoms with van der Waals surface area (Å²) in [5, 5.41) is 0. The molecule has 0 fully saturated rings. The van der Waals surface area contributed by atoms with Crippen LogP contribution in [0.2, 0.25) is 0 Å². The van der Waals surface area contributed by atoms with Gasteiger partial charge in [-0.25, -0.2) is 4.98 Å². The van der Waals surface area contributed by atoms with Crippen molar-refractivity contribution in [2.45, 2.75) is 12.2 Å². The van der Waals surface area contributed by atoms with Gasteiger partial charge in [-0.15, -0.1) is 24.8 Å². The van der Waals surface area contributed by atoms with Crippen LogP contribution in [0.15, 0.2) is 34.9 Å². The first kappa shape index (κ1) is 12.8. The minimum absolute atomic E-state index is 0.207. The summed E-state index contributed by atoms with van der Waals surface area (Å²) in [4.78, 5) is 4.04. The number of hydrogen-bond donors (Lipinski definition) is 0. The molecule has 0 aliphatic heterocycles. The number of hydrogen-bond acceptors (Lipinski definition) is 3. The zero-order chi connectivity index (χ0) is 13.2. The molecule has 1 aromatic carbocycles. The fourth-order valence-corrected chi connectivity index (χ4v) is 1.42. The summed E-state index contributed by atoms with van der Waals surface area (Å²) in [6.07, 6.45) is -3.31. The molecule has 0 spiro atoms. The zero-order valence-electron chi connectivity index (χ0n) is 8.87. The Morgan fingerprint density at radius 2 is 1.89 bits per heavy atom. The third-order valence-corrected chi connectivity index (χ3v) is 2.30. The predicted octanol–water partition coefficient (Wildman–Crippen LogP) is 3.98. The van der Waals surface area contributed by atoms with E-state index in [4.69, 9.17) is 16.0 Å². The summed E-state index contributed by atoms with van der Waals surface area (Å²) in [5.41, 5.74) is 1.10. The number of nitrogens with zero attached hydrogens (tertiary/aromatic N) is 1. The fourth-order valence-electron chi connectivity index (χ4n) is 1.30. The topological polar surface area (TPSA) is 35.3 Å². The van der Waals surface area contributed by atoms with Gasteiger partial charge in [0.15, 0.2) is 0 Å². The summed E-state index contributed by atoms with van der Waals surface area (Å²) in [6.45, 7) is 0. The highest BCUT2D eigenvalue weighted by Crippen LogP contribution is 2.26. The predicted molar refractivity (Wildman–Crippen MR) is 58.2 cm³/mol. The maximum absolute atomic E-state index is 11.9. The maximum Gasteiger partial charge on any atom is 0.573 e. The van der Waals surface area contributed by atoms with E-state index < -0.39 is 6.36 Å². The first-order valence-electron chi connectivity index (χ1n) is 4.84. The summed E-state index contributed by atoms with van der Waals surface area (Å²) in [6, 6.07) is 5.22. The van der Waals surface area contributed by atoms with E-state index in [1.807, 2.05) is 0 Å². The minimum atomic E-state index is -4.70. The van der Waals surface area contributed by atoms with Crippen LogP contribution in [0.5, 0.6) is 5.75 Å². The van der Waals surface area contributed by atoms with Crippen molar-refractivity contribution in [2.75, 3.05) is 0 Å². The van der Waals surface area contributed by atoms with Gasteiger partial charge in [0.25, 0.3) is 0 Å². The van der Waals surface area contributed by atoms with Crippen LogP contribution in [0.25, 0.3) is 11.5 Å². The molecular weight excluding hydrogens is 271 g/mol. The lowest BCUT2D eigenvalue weighted by molar-refractivity contribution is -0.274. The first-order valence-corrected chi connectivity index (χ1v) is 5.38. The summed E-state index contributed by atoms with van der Waals surface area (Å²) >= 11 is 5.56. The second-order valence-corrected chi connectivity index (χ2v) is 3.62. The lowest BCUT2D eigenvalue weighted by atomic mass is 10.2. The molecule has 3 nitrogen and oxygen atoms in total. The Kier molecular flexibility index (Phi) is 3.47. The van der Waals surface area contributed by atoms with Crippen LogP contribution in [0.3, 0.4) is 0 Å². The van der Waals surface area contributed by atoms with E-state index in [9.17, 15) is 13.2 Å². The molecule has 0 aliphatic carbocycles. The third-order valence-electron chi connectivity index (χ3n) is 2.02. The van der Waals surface area contributed by atoms with Crippen molar-refractivity contribution in [1.29, 1.82) is 0 Å². The number of oxazole rings is 1. The van der Waals surface area contributed by atoms with Crippen LogP contribution in [0.1, 0.15) is 5.69 Å². The van der Waals surface area contributed by atoms with E-state index in [-0.39, 0.29) is 11.6 Å². The van der Waals surface area contributed by atoms with Gasteiger partial charge in [-0.2, -0.15) is 0 Å². The van der Waals surface area contributed by atoms with Crippen molar-refractivity contribution in [2.24, 2.45) is 0 Å². The summed E-state index contributed by atoms with van der Waals surface area (Å²) < 4.78 is 44.7. The molecule has 0 radical (unpaired) electrons. The minimum Gasteiger partial charge on any atom is -0.444 e. The van der Waals surface area contributed by atoms with Gasteiger partial charge in [0.1, 0.15) is 12.0 Å². The molecule has 96 valence electrons. The maximum atomic E-state index is 11.9. The van der Waals surface area contributed by atoms with Crippen molar-refractivity contribution in [3.8, 4) is 17.2 Å². The van der Waals surface area contributed by atoms with Crippen LogP contribution in [0.4, 0.5) is 13.2 Å². The highest BCUT2D eigenvalue weighted by molar-refractivity contribution is 6.16. The van der Waals surface area contributed by atoms with Crippen molar-refractivity contribution in [1.82, 2.24) is 4.98 Å². The van der Waals surface area contributed by atoms with Crippen molar-refractivity contribution >= 4 is 11.6 Å². The molecule has 1 aromatic heterocycles. The molecule has 0 saturated carbocycles. The van der Waals surface area contributed by atoms with Gasteiger partial charge in [0, 0.05) is 5.56 Å². The van der Waals surface area contributed by atoms with Gasteiger partial charge < -0.3 is 9.15 Å². The normalized spacial score (nSPS) is 11.6. The quantitative estimate of drug-likeness (QED) is 0.796. The highest BCUT2D eigenvalue weighted by atomic mass is 35.5. The van der Waals surface area contributed by atoms with E-state index >= 15 is 0 Å². The zero-order valence-corrected chi connectivity index (χ0v) is 9.63. The van der Waals surface area contributed by atoms with Crippen LogP contribution >= 0.6 is 11.6 Å². The summed E-state index contributed by atoms with van der Waals surface area (Å²) in [7, 11) is 0. The molecular formula is C11H7ClF3NO2. The molecule has 0 amide bonds. The fraction of sp³-hybridized carbons (Fsp3) is 0.182. The second kappa shape index (κ2) is 4.89. The van der Waals surface area contributed by atoms with E-state index in [2.05, 4.69) is 9.72 Å². The Bertz CT molecular complexity index is 522. The van der Waals surface area contributed by atoms with Gasteiger partial charge in [-0.1, -0.05) is 0 Å². The SMILES string of the molecule is FC(F)(F)Oc1ccc(-c2nc(CCl)co2)cc1. The number of benzene rings is 1. The number of halogens is 4. The Hall–Kier alpha value is -1.69. The van der Waals surface area contributed by atoms with Crippen LogP contribution < -0.4 is 4.74 Å². The molecule has 0 atom stereocenters. The van der Waals surface area contributed by atoms with Crippen LogP contribution in [0, 0.1) is 0 Å². The standard InChI is InChI=1S/C11H7ClF3NO2/c12-5-8-6-17-10(16-8)7-1-3-9(4-2-7)18-11(13,14)15/h1-4,6H,5H2. The molecule has 18 heavy (non-hydrogen) atoms. The number of rotatable bonds is 3. The van der Waals surface area contributed by atoms with E-state index in [0.29, 0.717) is 17.1 Å². The van der Waals surface area contributed by atoms with E-state index in [1.165, 1.54) is 30.5 Å². The van der Waals surface area contributed by atoms with Crippen LogP contribution in [-0.4, -0.2) is 11.3 Å². The molecule has 2 aromatic rings. The summed E-state index contributed by atoms with van der Waals surface area (Å²) in [5.74, 6) is 0.207. The van der Waals surface area contributed by atoms with Crippen molar-refractivity contribution in [3.63, 3.8) is 0 Å².